The Hall–Kier alpha value is -1.47. The highest BCUT2D eigenvalue weighted by molar-refractivity contribution is 5.27. The molecule has 0 amide bonds. The first kappa shape index (κ1) is 12.0. The summed E-state index contributed by atoms with van der Waals surface area (Å²) in [5, 5.41) is 12.0. The van der Waals surface area contributed by atoms with Crippen molar-refractivity contribution < 1.29 is 9.47 Å². The summed E-state index contributed by atoms with van der Waals surface area (Å²) in [5.74, 6) is 2.02. The van der Waals surface area contributed by atoms with Gasteiger partial charge in [-0.1, -0.05) is 0 Å². The topological polar surface area (TPSA) is 54.3 Å². The molecule has 2 atom stereocenters. The van der Waals surface area contributed by atoms with E-state index >= 15 is 0 Å². The third-order valence-corrected chi connectivity index (χ3v) is 3.19. The minimum atomic E-state index is 0.178. The van der Waals surface area contributed by atoms with E-state index in [0.29, 0.717) is 18.9 Å². The van der Waals surface area contributed by atoms with E-state index in [2.05, 4.69) is 23.5 Å². The third kappa shape index (κ3) is 2.80. The van der Waals surface area contributed by atoms with Crippen LogP contribution in [0.2, 0.25) is 0 Å². The Morgan fingerprint density at radius 3 is 2.94 bits per heavy atom. The molecular formula is C13H18N2O2. The maximum Gasteiger partial charge on any atom is 0.157 e. The zero-order valence-corrected chi connectivity index (χ0v) is 10.1. The van der Waals surface area contributed by atoms with Crippen LogP contribution in [-0.2, 0) is 9.47 Å². The molecule has 17 heavy (non-hydrogen) atoms. The Balaban J connectivity index is 2.09. The van der Waals surface area contributed by atoms with E-state index in [1.165, 1.54) is 0 Å². The average Bonchev–Trinajstić information content (AvgIpc) is 2.60. The molecule has 1 aliphatic heterocycles. The zero-order valence-electron chi connectivity index (χ0n) is 10.1. The van der Waals surface area contributed by atoms with Crippen LogP contribution in [0.3, 0.4) is 0 Å². The predicted octanol–water partition coefficient (Wildman–Crippen LogP) is 1.71. The summed E-state index contributed by atoms with van der Waals surface area (Å²) in [5.41, 5.74) is 0. The smallest absolute Gasteiger partial charge is 0.157 e. The summed E-state index contributed by atoms with van der Waals surface area (Å²) in [4.78, 5) is 0. The molecule has 4 nitrogen and oxygen atoms in total. The van der Waals surface area contributed by atoms with Gasteiger partial charge in [-0.2, -0.15) is 5.26 Å². The molecule has 92 valence electrons. The van der Waals surface area contributed by atoms with Gasteiger partial charge in [-0.3, -0.25) is 0 Å². The van der Waals surface area contributed by atoms with E-state index in [-0.39, 0.29) is 6.04 Å². The van der Waals surface area contributed by atoms with Crippen LogP contribution in [0.1, 0.15) is 19.3 Å². The number of nitrogens with zero attached hydrogens (tertiary/aromatic N) is 1. The van der Waals surface area contributed by atoms with Gasteiger partial charge in [-0.05, 0) is 25.6 Å². The van der Waals surface area contributed by atoms with Gasteiger partial charge in [0.05, 0.1) is 25.7 Å². The van der Waals surface area contributed by atoms with Gasteiger partial charge < -0.3 is 14.8 Å². The number of fused-ring (bicyclic) bond motifs is 1. The summed E-state index contributed by atoms with van der Waals surface area (Å²) in [6.07, 6.45) is 6.50. The van der Waals surface area contributed by atoms with Crippen molar-refractivity contribution in [1.82, 2.24) is 5.32 Å². The summed E-state index contributed by atoms with van der Waals surface area (Å²) in [6.45, 7) is 1.43. The fourth-order valence-corrected chi connectivity index (χ4v) is 2.21. The molecule has 2 unspecified atom stereocenters. The highest BCUT2D eigenvalue weighted by Crippen LogP contribution is 2.29. The van der Waals surface area contributed by atoms with Crippen molar-refractivity contribution in [3.05, 3.63) is 23.7 Å². The summed E-state index contributed by atoms with van der Waals surface area (Å²) < 4.78 is 11.3. The second-order valence-electron chi connectivity index (χ2n) is 4.31. The summed E-state index contributed by atoms with van der Waals surface area (Å²) >= 11 is 0. The van der Waals surface area contributed by atoms with Gasteiger partial charge in [0.2, 0.25) is 0 Å². The third-order valence-electron chi connectivity index (χ3n) is 3.19. The van der Waals surface area contributed by atoms with Gasteiger partial charge in [0, 0.05) is 18.4 Å². The van der Waals surface area contributed by atoms with Crippen LogP contribution in [0.4, 0.5) is 0 Å². The van der Waals surface area contributed by atoms with Crippen LogP contribution < -0.4 is 5.32 Å². The lowest BCUT2D eigenvalue weighted by molar-refractivity contribution is 0.209. The maximum absolute atomic E-state index is 8.79. The average molecular weight is 234 g/mol. The van der Waals surface area contributed by atoms with Crippen molar-refractivity contribution in [2.45, 2.75) is 25.3 Å². The highest BCUT2D eigenvalue weighted by atomic mass is 16.5. The lowest BCUT2D eigenvalue weighted by Crippen LogP contribution is -2.33. The fraction of sp³-hybridized carbons (Fsp3) is 0.615. The lowest BCUT2D eigenvalue weighted by Gasteiger charge is -2.25. The van der Waals surface area contributed by atoms with E-state index in [1.54, 1.807) is 0 Å². The van der Waals surface area contributed by atoms with Crippen molar-refractivity contribution in [2.75, 3.05) is 20.3 Å². The molecule has 0 spiro atoms. The molecule has 1 aliphatic carbocycles. The second kappa shape index (κ2) is 5.74. The predicted molar refractivity (Wildman–Crippen MR) is 63.9 cm³/mol. The Morgan fingerprint density at radius 2 is 2.24 bits per heavy atom. The van der Waals surface area contributed by atoms with Crippen molar-refractivity contribution in [1.29, 1.82) is 5.26 Å². The number of allylic oxidation sites excluding steroid dienone is 1. The molecule has 0 saturated carbocycles. The first-order chi connectivity index (χ1) is 8.35. The van der Waals surface area contributed by atoms with Crippen molar-refractivity contribution in [3.63, 3.8) is 0 Å². The molecule has 0 radical (unpaired) electrons. The number of nitriles is 1. The minimum Gasteiger partial charge on any atom is -0.490 e. The van der Waals surface area contributed by atoms with Gasteiger partial charge in [0.25, 0.3) is 0 Å². The largest absolute Gasteiger partial charge is 0.490 e. The van der Waals surface area contributed by atoms with Crippen LogP contribution in [0.5, 0.6) is 0 Å². The van der Waals surface area contributed by atoms with Crippen LogP contribution in [0.25, 0.3) is 0 Å². The molecule has 0 bridgehead atoms. The Morgan fingerprint density at radius 1 is 1.47 bits per heavy atom. The molecule has 4 heteroatoms. The molecule has 1 heterocycles. The number of hydrogen-bond donors (Lipinski definition) is 1. The van der Waals surface area contributed by atoms with E-state index in [1.807, 2.05) is 7.05 Å². The first-order valence-corrected chi connectivity index (χ1v) is 6.07. The molecule has 1 N–H and O–H groups in total. The normalized spacial score (nSPS) is 25.1. The van der Waals surface area contributed by atoms with Crippen molar-refractivity contribution in [2.24, 2.45) is 5.92 Å². The number of ether oxygens (including phenoxy) is 2. The monoisotopic (exact) mass is 234 g/mol. The number of nitrogens with one attached hydrogen (secondary N) is 1. The lowest BCUT2D eigenvalue weighted by atomic mass is 9.90. The molecule has 1 saturated heterocycles. The van der Waals surface area contributed by atoms with E-state index < -0.39 is 0 Å². The first-order valence-electron chi connectivity index (χ1n) is 6.07. The van der Waals surface area contributed by atoms with Gasteiger partial charge in [0.15, 0.2) is 11.5 Å². The minimum absolute atomic E-state index is 0.178. The van der Waals surface area contributed by atoms with Crippen molar-refractivity contribution >= 4 is 0 Å². The number of rotatable bonds is 3. The molecule has 0 aromatic carbocycles. The van der Waals surface area contributed by atoms with Crippen LogP contribution in [-0.4, -0.2) is 26.3 Å². The standard InChI is InChI=1S/C13H18N2O2/c1-15-11(5-6-14)10-3-4-12-13(9-10)17-8-2-7-16-12/h4,9-11,15H,2-3,5,7-8H2,1H3. The fourth-order valence-electron chi connectivity index (χ4n) is 2.21. The van der Waals surface area contributed by atoms with E-state index in [9.17, 15) is 0 Å². The van der Waals surface area contributed by atoms with Gasteiger partial charge in [-0.25, -0.2) is 0 Å². The molecule has 2 aliphatic rings. The molecule has 2 rings (SSSR count). The SMILES string of the molecule is CNC(CC#N)C1C=C2OCCCOC2=CC1. The van der Waals surface area contributed by atoms with Crippen molar-refractivity contribution in [3.8, 4) is 6.07 Å². The molecule has 1 fully saturated rings. The zero-order chi connectivity index (χ0) is 12.1. The molecule has 0 aromatic rings. The Labute approximate surface area is 102 Å². The summed E-state index contributed by atoms with van der Waals surface area (Å²) in [6, 6.07) is 2.39. The van der Waals surface area contributed by atoms with E-state index in [4.69, 9.17) is 14.7 Å². The maximum atomic E-state index is 8.79. The van der Waals surface area contributed by atoms with Gasteiger partial charge in [0.1, 0.15) is 0 Å². The van der Waals surface area contributed by atoms with Crippen LogP contribution >= 0.6 is 0 Å². The Kier molecular flexibility index (Phi) is 4.05. The van der Waals surface area contributed by atoms with E-state index in [0.717, 1.165) is 31.0 Å². The second-order valence-corrected chi connectivity index (χ2v) is 4.31. The molecule has 0 aromatic heterocycles. The van der Waals surface area contributed by atoms with Crippen LogP contribution in [0.15, 0.2) is 23.7 Å². The summed E-state index contributed by atoms with van der Waals surface area (Å²) in [7, 11) is 1.89. The number of hydrogen-bond acceptors (Lipinski definition) is 4. The van der Waals surface area contributed by atoms with Crippen LogP contribution in [0, 0.1) is 17.2 Å². The highest BCUT2D eigenvalue weighted by Gasteiger charge is 2.25. The Bertz CT molecular complexity index is 368. The quantitative estimate of drug-likeness (QED) is 0.807. The molecular weight excluding hydrogens is 216 g/mol. The van der Waals surface area contributed by atoms with Gasteiger partial charge >= 0.3 is 0 Å². The van der Waals surface area contributed by atoms with Gasteiger partial charge in [-0.15, -0.1) is 0 Å².